The zero-order valence-corrected chi connectivity index (χ0v) is 22.7. The molecule has 0 bridgehead atoms. The third-order valence-corrected chi connectivity index (χ3v) is 9.96. The molecule has 3 aromatic rings. The minimum atomic E-state index is -3.58. The molecule has 1 aliphatic carbocycles. The Bertz CT molecular complexity index is 1250. The number of anilines is 1. The molecule has 0 atom stereocenters. The maximum Gasteiger partial charge on any atom is 0.251 e. The Labute approximate surface area is 218 Å². The van der Waals surface area contributed by atoms with Crippen molar-refractivity contribution in [3.63, 3.8) is 0 Å². The number of hydrogen-bond acceptors (Lipinski definition) is 9. The number of hydrogen-bond donors (Lipinski definition) is 2. The summed E-state index contributed by atoms with van der Waals surface area (Å²) in [4.78, 5) is 17.7. The normalized spacial score (nSPS) is 18.2. The van der Waals surface area contributed by atoms with Gasteiger partial charge in [-0.15, -0.1) is 0 Å². The van der Waals surface area contributed by atoms with E-state index in [-0.39, 0.29) is 16.3 Å². The Morgan fingerprint density at radius 2 is 1.89 bits per heavy atom. The Morgan fingerprint density at radius 1 is 1.09 bits per heavy atom. The van der Waals surface area contributed by atoms with Gasteiger partial charge < -0.3 is 19.7 Å². The van der Waals surface area contributed by atoms with Crippen molar-refractivity contribution in [2.45, 2.75) is 29.1 Å². The maximum atomic E-state index is 12.7. The van der Waals surface area contributed by atoms with E-state index in [1.54, 1.807) is 0 Å². The number of likely N-dealkylation sites (N-methyl/N-ethyl adjacent to an activating group) is 1. The average Bonchev–Trinajstić information content (AvgIpc) is 3.26. The van der Waals surface area contributed by atoms with Crippen LogP contribution >= 0.6 is 27.3 Å². The van der Waals surface area contributed by atoms with E-state index in [9.17, 15) is 8.42 Å². The van der Waals surface area contributed by atoms with E-state index < -0.39 is 10.0 Å². The lowest BCUT2D eigenvalue weighted by Crippen LogP contribution is -2.44. The fraction of sp³-hybridized carbons (Fsp3) is 0.500. The van der Waals surface area contributed by atoms with Gasteiger partial charge >= 0.3 is 0 Å². The molecule has 1 saturated heterocycles. The molecular formula is C22H29BrN8O2S2. The number of thiazole rings is 1. The van der Waals surface area contributed by atoms with Gasteiger partial charge in [-0.05, 0) is 48.0 Å². The van der Waals surface area contributed by atoms with Crippen molar-refractivity contribution in [2.75, 3.05) is 51.2 Å². The lowest BCUT2D eigenvalue weighted by atomic mass is 10.1. The second kappa shape index (κ2) is 10.2. The predicted octanol–water partition coefficient (Wildman–Crippen LogP) is 1.85. The summed E-state index contributed by atoms with van der Waals surface area (Å²) in [5.74, 6) is 0. The zero-order chi connectivity index (χ0) is 24.5. The average molecular weight is 582 g/mol. The van der Waals surface area contributed by atoms with Crippen molar-refractivity contribution >= 4 is 42.4 Å². The summed E-state index contributed by atoms with van der Waals surface area (Å²) in [7, 11) is -1.50. The molecule has 5 rings (SSSR count). The van der Waals surface area contributed by atoms with Crippen molar-refractivity contribution < 1.29 is 8.42 Å². The molecule has 2 aliphatic rings. The van der Waals surface area contributed by atoms with Crippen molar-refractivity contribution in [3.05, 3.63) is 52.9 Å². The topological polar surface area (TPSA) is 108 Å². The summed E-state index contributed by atoms with van der Waals surface area (Å²) in [5, 5.41) is 4.10. The van der Waals surface area contributed by atoms with Crippen molar-refractivity contribution in [1.82, 2.24) is 34.5 Å². The highest BCUT2D eigenvalue weighted by Crippen LogP contribution is 2.49. The monoisotopic (exact) mass is 580 g/mol. The number of piperazine rings is 1. The largest absolute Gasteiger partial charge is 0.345 e. The highest BCUT2D eigenvalue weighted by atomic mass is 79.9. The first-order chi connectivity index (χ1) is 16.9. The second-order valence-corrected chi connectivity index (χ2v) is 12.9. The first-order valence-electron chi connectivity index (χ1n) is 11.6. The quantitative estimate of drug-likeness (QED) is 0.350. The van der Waals surface area contributed by atoms with E-state index in [2.05, 4.69) is 68.4 Å². The Hall–Kier alpha value is -1.90. The van der Waals surface area contributed by atoms with Gasteiger partial charge in [-0.2, -0.15) is 0 Å². The van der Waals surface area contributed by atoms with Crippen LogP contribution in [-0.2, 0) is 22.1 Å². The molecular weight excluding hydrogens is 552 g/mol. The Kier molecular flexibility index (Phi) is 7.24. The SMILES string of the molecule is CN1CCN(c2ncc(S(=O)(=O)NCCNCc3cncn3C3(c4ccc(Br)cn4)CC3)s2)CC1. The van der Waals surface area contributed by atoms with Gasteiger partial charge in [-0.1, -0.05) is 11.3 Å². The van der Waals surface area contributed by atoms with E-state index >= 15 is 0 Å². The van der Waals surface area contributed by atoms with E-state index in [0.717, 1.165) is 60.0 Å². The number of imidazole rings is 1. The van der Waals surface area contributed by atoms with Crippen LogP contribution in [0.3, 0.4) is 0 Å². The van der Waals surface area contributed by atoms with Crippen molar-refractivity contribution in [1.29, 1.82) is 0 Å². The molecule has 4 heterocycles. The zero-order valence-electron chi connectivity index (χ0n) is 19.5. The van der Waals surface area contributed by atoms with Crippen LogP contribution in [0.2, 0.25) is 0 Å². The van der Waals surface area contributed by atoms with Crippen LogP contribution in [0.25, 0.3) is 0 Å². The number of aromatic nitrogens is 4. The lowest BCUT2D eigenvalue weighted by molar-refractivity contribution is 0.313. The minimum Gasteiger partial charge on any atom is -0.345 e. The van der Waals surface area contributed by atoms with Gasteiger partial charge in [0.1, 0.15) is 0 Å². The highest BCUT2D eigenvalue weighted by molar-refractivity contribution is 9.10. The summed E-state index contributed by atoms with van der Waals surface area (Å²) in [5.41, 5.74) is 1.95. The number of sulfonamides is 1. The summed E-state index contributed by atoms with van der Waals surface area (Å²) >= 11 is 4.67. The smallest absolute Gasteiger partial charge is 0.251 e. The first kappa shape index (κ1) is 24.8. The van der Waals surface area contributed by atoms with E-state index in [1.807, 2.05) is 24.8 Å². The molecule has 0 aromatic carbocycles. The Morgan fingerprint density at radius 3 is 2.60 bits per heavy atom. The number of nitrogens with one attached hydrogen (secondary N) is 2. The maximum absolute atomic E-state index is 12.7. The molecule has 10 nitrogen and oxygen atoms in total. The fourth-order valence-corrected chi connectivity index (χ4v) is 6.79. The summed E-state index contributed by atoms with van der Waals surface area (Å²) in [6.07, 6.45) is 9.04. The standard InChI is InChI=1S/C22H29BrN8O2S2/c1-29-8-10-30(11-9-29)21-27-15-20(34-21)35(32,33)28-7-6-24-13-18-14-25-16-31(18)22(4-5-22)19-3-2-17(23)12-26-19/h2-3,12,14-16,24,28H,4-11,13H2,1H3. The van der Waals surface area contributed by atoms with Crippen LogP contribution in [0.4, 0.5) is 5.13 Å². The molecule has 1 aliphatic heterocycles. The van der Waals surface area contributed by atoms with Crippen LogP contribution in [0.5, 0.6) is 0 Å². The molecule has 1 saturated carbocycles. The molecule has 2 N–H and O–H groups in total. The van der Waals surface area contributed by atoms with Gasteiger partial charge in [0.2, 0.25) is 0 Å². The van der Waals surface area contributed by atoms with Gasteiger partial charge in [0.15, 0.2) is 9.34 Å². The van der Waals surface area contributed by atoms with Crippen LogP contribution < -0.4 is 14.9 Å². The minimum absolute atomic E-state index is 0.135. The van der Waals surface area contributed by atoms with Crippen LogP contribution in [0, 0.1) is 0 Å². The van der Waals surface area contributed by atoms with Crippen LogP contribution in [-0.4, -0.2) is 79.2 Å². The third kappa shape index (κ3) is 5.44. The molecule has 2 fully saturated rings. The number of pyridine rings is 1. The Balaban J connectivity index is 1.12. The van der Waals surface area contributed by atoms with Gasteiger partial charge in [0.25, 0.3) is 10.0 Å². The summed E-state index contributed by atoms with van der Waals surface area (Å²) in [6.45, 7) is 4.99. The molecule has 188 valence electrons. The van der Waals surface area contributed by atoms with E-state index in [4.69, 9.17) is 0 Å². The summed E-state index contributed by atoms with van der Waals surface area (Å²) in [6, 6.07) is 4.07. The molecule has 0 unspecified atom stereocenters. The molecule has 35 heavy (non-hydrogen) atoms. The third-order valence-electron chi connectivity index (χ3n) is 6.51. The molecule has 13 heteroatoms. The van der Waals surface area contributed by atoms with Crippen LogP contribution in [0.15, 0.2) is 45.7 Å². The van der Waals surface area contributed by atoms with Gasteiger partial charge in [-0.25, -0.2) is 23.1 Å². The first-order valence-corrected chi connectivity index (χ1v) is 14.7. The van der Waals surface area contributed by atoms with Crippen molar-refractivity contribution in [2.24, 2.45) is 0 Å². The number of halogens is 1. The number of rotatable bonds is 10. The molecule has 0 radical (unpaired) electrons. The highest BCUT2D eigenvalue weighted by Gasteiger charge is 2.48. The molecule has 0 amide bonds. The van der Waals surface area contributed by atoms with E-state index in [1.165, 1.54) is 17.5 Å². The van der Waals surface area contributed by atoms with Gasteiger partial charge in [-0.3, -0.25) is 4.98 Å². The van der Waals surface area contributed by atoms with E-state index in [0.29, 0.717) is 13.1 Å². The van der Waals surface area contributed by atoms with Crippen molar-refractivity contribution in [3.8, 4) is 0 Å². The molecule has 3 aromatic heterocycles. The lowest BCUT2D eigenvalue weighted by Gasteiger charge is -2.31. The second-order valence-electron chi connectivity index (χ2n) is 8.97. The van der Waals surface area contributed by atoms with Crippen LogP contribution in [0.1, 0.15) is 24.2 Å². The number of nitrogens with zero attached hydrogens (tertiary/aromatic N) is 6. The predicted molar refractivity (Wildman–Crippen MR) is 139 cm³/mol. The fourth-order valence-electron chi connectivity index (χ4n) is 4.31. The summed E-state index contributed by atoms with van der Waals surface area (Å²) < 4.78 is 31.5. The molecule has 0 spiro atoms. The van der Waals surface area contributed by atoms with Gasteiger partial charge in [0, 0.05) is 62.7 Å². The van der Waals surface area contributed by atoms with Gasteiger partial charge in [0.05, 0.1) is 29.5 Å².